The Bertz CT molecular complexity index is 795. The molecule has 0 saturated carbocycles. The van der Waals surface area contributed by atoms with E-state index in [0.29, 0.717) is 16.8 Å². The van der Waals surface area contributed by atoms with Crippen molar-refractivity contribution in [3.8, 4) is 0 Å². The minimum Gasteiger partial charge on any atom is -0.366 e. The van der Waals surface area contributed by atoms with Gasteiger partial charge in [-0.25, -0.2) is 9.10 Å². The molecule has 2 aromatic rings. The van der Waals surface area contributed by atoms with Gasteiger partial charge in [-0.2, -0.15) is 13.2 Å². The molecule has 0 fully saturated rings. The molecular weight excluding hydrogens is 367 g/mol. The second kappa shape index (κ2) is 8.13. The molecule has 0 heterocycles. The summed E-state index contributed by atoms with van der Waals surface area (Å²) >= 11 is 4.07. The van der Waals surface area contributed by atoms with E-state index in [4.69, 9.17) is 5.73 Å². The van der Waals surface area contributed by atoms with E-state index in [1.165, 1.54) is 30.3 Å². The summed E-state index contributed by atoms with van der Waals surface area (Å²) in [6.07, 6.45) is -4.17. The van der Waals surface area contributed by atoms with Gasteiger partial charge in [0.2, 0.25) is 5.91 Å². The van der Waals surface area contributed by atoms with Crippen LogP contribution in [0.15, 0.2) is 48.5 Å². The molecule has 0 spiro atoms. The van der Waals surface area contributed by atoms with Gasteiger partial charge in [-0.05, 0) is 42.3 Å². The third kappa shape index (κ3) is 5.16. The lowest BCUT2D eigenvalue weighted by Gasteiger charge is -2.17. The summed E-state index contributed by atoms with van der Waals surface area (Å²) < 4.78 is 39.0. The Hall–Kier alpha value is -2.68. The molecule has 0 aliphatic heterocycles. The first kappa shape index (κ1) is 19.6. The van der Waals surface area contributed by atoms with E-state index < -0.39 is 23.7 Å². The Kier molecular flexibility index (Phi) is 6.14. The lowest BCUT2D eigenvalue weighted by molar-refractivity contribution is -0.137. The summed E-state index contributed by atoms with van der Waals surface area (Å²) in [7, 11) is 0. The minimum absolute atomic E-state index is 0.135. The summed E-state index contributed by atoms with van der Waals surface area (Å²) in [6, 6.07) is 10.3. The van der Waals surface area contributed by atoms with Gasteiger partial charge in [0.05, 0.1) is 11.3 Å². The third-order valence-electron chi connectivity index (χ3n) is 3.53. The van der Waals surface area contributed by atoms with Crippen LogP contribution >= 0.6 is 12.8 Å². The molecule has 0 saturated heterocycles. The normalized spacial score (nSPS) is 11.1. The average molecular weight is 383 g/mol. The number of alkyl halides is 3. The fourth-order valence-corrected chi connectivity index (χ4v) is 2.38. The SMILES string of the molecule is NC(=O)c1ccc(N(S)C(=O)NCCc2cccc(C(F)(F)F)c2)cc1. The predicted molar refractivity (Wildman–Crippen MR) is 95.0 cm³/mol. The molecule has 0 atom stereocenters. The lowest BCUT2D eigenvalue weighted by Crippen LogP contribution is -2.35. The number of thiol groups is 1. The molecule has 138 valence electrons. The standard InChI is InChI=1S/C17H16F3N3O2S/c18-17(19,20)13-3-1-2-11(10-13)8-9-22-16(25)23(26)14-6-4-12(5-7-14)15(21)24/h1-7,10,26H,8-9H2,(H2,21,24)(H,22,25). The van der Waals surface area contributed by atoms with Crippen LogP contribution in [0.1, 0.15) is 21.5 Å². The summed E-state index contributed by atoms with van der Waals surface area (Å²) in [5.41, 5.74) is 5.57. The number of hydrogen-bond donors (Lipinski definition) is 3. The minimum atomic E-state index is -4.40. The average Bonchev–Trinajstić information content (AvgIpc) is 2.60. The van der Waals surface area contributed by atoms with Crippen LogP contribution < -0.4 is 15.4 Å². The first-order valence-electron chi connectivity index (χ1n) is 7.51. The fourth-order valence-electron chi connectivity index (χ4n) is 2.18. The Morgan fingerprint density at radius 2 is 1.77 bits per heavy atom. The van der Waals surface area contributed by atoms with E-state index in [1.54, 1.807) is 6.07 Å². The van der Waals surface area contributed by atoms with Crippen molar-refractivity contribution in [2.45, 2.75) is 12.6 Å². The highest BCUT2D eigenvalue weighted by atomic mass is 32.1. The number of primary amides is 1. The van der Waals surface area contributed by atoms with Gasteiger partial charge in [0, 0.05) is 12.1 Å². The summed E-state index contributed by atoms with van der Waals surface area (Å²) in [5, 5.41) is 2.56. The molecule has 0 aromatic heterocycles. The van der Waals surface area contributed by atoms with Gasteiger partial charge < -0.3 is 11.1 Å². The number of nitrogens with zero attached hydrogens (tertiary/aromatic N) is 1. The van der Waals surface area contributed by atoms with Gasteiger partial charge in [0.25, 0.3) is 0 Å². The topological polar surface area (TPSA) is 75.4 Å². The molecule has 0 aliphatic rings. The van der Waals surface area contributed by atoms with Crippen LogP contribution in [0.25, 0.3) is 0 Å². The monoisotopic (exact) mass is 383 g/mol. The van der Waals surface area contributed by atoms with Crippen molar-refractivity contribution in [2.24, 2.45) is 5.73 Å². The molecule has 3 amide bonds. The number of hydrogen-bond acceptors (Lipinski definition) is 3. The van der Waals surface area contributed by atoms with E-state index in [1.807, 2.05) is 0 Å². The molecule has 9 heteroatoms. The number of carbonyl (C=O) groups is 2. The number of urea groups is 1. The number of anilines is 1. The van der Waals surface area contributed by atoms with Crippen molar-refractivity contribution in [3.63, 3.8) is 0 Å². The van der Waals surface area contributed by atoms with Crippen LogP contribution in [0.2, 0.25) is 0 Å². The van der Waals surface area contributed by atoms with Crippen LogP contribution in [0.3, 0.4) is 0 Å². The second-order valence-corrected chi connectivity index (χ2v) is 5.80. The number of amides is 3. The van der Waals surface area contributed by atoms with Gasteiger partial charge in [0.15, 0.2) is 0 Å². The number of halogens is 3. The maximum atomic E-state index is 12.7. The zero-order valence-corrected chi connectivity index (χ0v) is 14.3. The zero-order chi connectivity index (χ0) is 19.3. The van der Waals surface area contributed by atoms with Gasteiger partial charge in [-0.15, -0.1) is 0 Å². The summed E-state index contributed by atoms with van der Waals surface area (Å²) in [6.45, 7) is 0.135. The Morgan fingerprint density at radius 3 is 2.35 bits per heavy atom. The number of carbonyl (C=O) groups excluding carboxylic acids is 2. The van der Waals surface area contributed by atoms with E-state index in [9.17, 15) is 22.8 Å². The zero-order valence-electron chi connectivity index (χ0n) is 13.5. The Balaban J connectivity index is 1.91. The Labute approximate surface area is 153 Å². The highest BCUT2D eigenvalue weighted by molar-refractivity contribution is 7.82. The van der Waals surface area contributed by atoms with Crippen molar-refractivity contribution >= 4 is 30.4 Å². The molecule has 0 bridgehead atoms. The van der Waals surface area contributed by atoms with Gasteiger partial charge in [-0.1, -0.05) is 31.0 Å². The molecule has 2 aromatic carbocycles. The number of nitrogens with two attached hydrogens (primary N) is 1. The molecular formula is C17H16F3N3O2S. The summed E-state index contributed by atoms with van der Waals surface area (Å²) in [4.78, 5) is 23.1. The van der Waals surface area contributed by atoms with Crippen LogP contribution in [0.5, 0.6) is 0 Å². The highest BCUT2D eigenvalue weighted by Gasteiger charge is 2.30. The second-order valence-electron chi connectivity index (χ2n) is 5.40. The van der Waals surface area contributed by atoms with Crippen molar-refractivity contribution in [1.29, 1.82) is 0 Å². The van der Waals surface area contributed by atoms with Gasteiger partial charge >= 0.3 is 12.2 Å². The van der Waals surface area contributed by atoms with Crippen molar-refractivity contribution < 1.29 is 22.8 Å². The van der Waals surface area contributed by atoms with E-state index >= 15 is 0 Å². The van der Waals surface area contributed by atoms with Crippen molar-refractivity contribution in [2.75, 3.05) is 10.8 Å². The Morgan fingerprint density at radius 1 is 1.12 bits per heavy atom. The molecule has 0 radical (unpaired) electrons. The van der Waals surface area contributed by atoms with Gasteiger partial charge in [0.1, 0.15) is 0 Å². The summed E-state index contributed by atoms with van der Waals surface area (Å²) in [5.74, 6) is -0.590. The number of rotatable bonds is 5. The molecule has 26 heavy (non-hydrogen) atoms. The van der Waals surface area contributed by atoms with E-state index in [2.05, 4.69) is 18.1 Å². The van der Waals surface area contributed by atoms with E-state index in [0.717, 1.165) is 16.4 Å². The van der Waals surface area contributed by atoms with Crippen LogP contribution in [-0.4, -0.2) is 18.5 Å². The first-order valence-corrected chi connectivity index (χ1v) is 7.91. The van der Waals surface area contributed by atoms with Crippen molar-refractivity contribution in [1.82, 2.24) is 5.32 Å². The molecule has 5 nitrogen and oxygen atoms in total. The largest absolute Gasteiger partial charge is 0.416 e. The van der Waals surface area contributed by atoms with Crippen LogP contribution in [0, 0.1) is 0 Å². The van der Waals surface area contributed by atoms with Crippen LogP contribution in [0.4, 0.5) is 23.7 Å². The first-order chi connectivity index (χ1) is 12.2. The molecule has 3 N–H and O–H groups in total. The van der Waals surface area contributed by atoms with E-state index in [-0.39, 0.29) is 13.0 Å². The van der Waals surface area contributed by atoms with Crippen LogP contribution in [-0.2, 0) is 12.6 Å². The number of nitrogens with one attached hydrogen (secondary N) is 1. The number of benzene rings is 2. The van der Waals surface area contributed by atoms with Crippen molar-refractivity contribution in [3.05, 3.63) is 65.2 Å². The predicted octanol–water partition coefficient (Wildman–Crippen LogP) is 3.41. The van der Waals surface area contributed by atoms with Gasteiger partial charge in [-0.3, -0.25) is 4.79 Å². The lowest BCUT2D eigenvalue weighted by atomic mass is 10.1. The maximum absolute atomic E-state index is 12.7. The molecule has 0 aliphatic carbocycles. The highest BCUT2D eigenvalue weighted by Crippen LogP contribution is 2.29. The maximum Gasteiger partial charge on any atom is 0.416 e. The molecule has 0 unspecified atom stereocenters. The fraction of sp³-hybridized carbons (Fsp3) is 0.176. The third-order valence-corrected chi connectivity index (χ3v) is 3.95. The molecule has 2 rings (SSSR count). The smallest absolute Gasteiger partial charge is 0.366 e. The quantitative estimate of drug-likeness (QED) is 0.692.